The Morgan fingerprint density at radius 1 is 1.38 bits per heavy atom. The number of hydrogen-bond donors (Lipinski definition) is 2. The number of amides is 1. The molecule has 0 saturated heterocycles. The fourth-order valence-electron chi connectivity index (χ4n) is 2.84. The van der Waals surface area contributed by atoms with Crippen LogP contribution in [0.1, 0.15) is 50.4 Å². The van der Waals surface area contributed by atoms with Crippen molar-refractivity contribution in [3.63, 3.8) is 0 Å². The molecule has 5 nitrogen and oxygen atoms in total. The molecule has 1 heterocycles. The van der Waals surface area contributed by atoms with Crippen molar-refractivity contribution in [3.8, 4) is 0 Å². The van der Waals surface area contributed by atoms with E-state index in [1.54, 1.807) is 0 Å². The van der Waals surface area contributed by atoms with Crippen molar-refractivity contribution < 1.29 is 4.79 Å². The second-order valence-electron chi connectivity index (χ2n) is 6.32. The predicted molar refractivity (Wildman–Crippen MR) is 82.0 cm³/mol. The Bertz CT molecular complexity index is 712. The summed E-state index contributed by atoms with van der Waals surface area (Å²) < 4.78 is 2.10. The van der Waals surface area contributed by atoms with Crippen LogP contribution in [0.4, 0.5) is 5.69 Å². The van der Waals surface area contributed by atoms with E-state index in [2.05, 4.69) is 9.88 Å². The number of fused-ring (bicyclic) bond motifs is 1. The molecule has 2 aromatic rings. The maximum atomic E-state index is 12.4. The number of anilines is 1. The third kappa shape index (κ3) is 2.26. The van der Waals surface area contributed by atoms with Gasteiger partial charge < -0.3 is 15.6 Å². The van der Waals surface area contributed by atoms with Crippen LogP contribution in [0.25, 0.3) is 11.0 Å². The Kier molecular flexibility index (Phi) is 2.71. The molecule has 1 atom stereocenters. The van der Waals surface area contributed by atoms with E-state index in [-0.39, 0.29) is 11.9 Å². The molecule has 1 aromatic carbocycles. The van der Waals surface area contributed by atoms with Crippen LogP contribution in [-0.4, -0.2) is 21.5 Å². The fourth-order valence-corrected chi connectivity index (χ4v) is 2.84. The Hall–Kier alpha value is -2.04. The maximum absolute atomic E-state index is 12.4. The minimum Gasteiger partial charge on any atom is -0.399 e. The van der Waals surface area contributed by atoms with E-state index in [0.717, 1.165) is 42.5 Å². The van der Waals surface area contributed by atoms with Gasteiger partial charge in [0.2, 0.25) is 5.91 Å². The van der Waals surface area contributed by atoms with Gasteiger partial charge in [-0.15, -0.1) is 0 Å². The van der Waals surface area contributed by atoms with Crippen molar-refractivity contribution >= 4 is 22.6 Å². The molecule has 2 aliphatic rings. The molecule has 1 amide bonds. The molecule has 0 bridgehead atoms. The zero-order valence-electron chi connectivity index (χ0n) is 12.2. The van der Waals surface area contributed by atoms with E-state index >= 15 is 0 Å². The molecule has 0 aliphatic heterocycles. The van der Waals surface area contributed by atoms with Gasteiger partial charge in [0.25, 0.3) is 0 Å². The molecule has 3 N–H and O–H groups in total. The molecule has 110 valence electrons. The van der Waals surface area contributed by atoms with Crippen molar-refractivity contribution in [1.82, 2.24) is 14.9 Å². The Balaban J connectivity index is 1.77. The highest BCUT2D eigenvalue weighted by Gasteiger charge is 2.33. The lowest BCUT2D eigenvalue weighted by Gasteiger charge is -2.17. The summed E-state index contributed by atoms with van der Waals surface area (Å²) in [6.45, 7) is 1.96. The van der Waals surface area contributed by atoms with Gasteiger partial charge >= 0.3 is 0 Å². The first-order chi connectivity index (χ1) is 10.1. The van der Waals surface area contributed by atoms with Crippen molar-refractivity contribution in [2.24, 2.45) is 0 Å². The first-order valence-corrected chi connectivity index (χ1v) is 7.71. The van der Waals surface area contributed by atoms with Gasteiger partial charge in [-0.05, 0) is 50.8 Å². The number of carbonyl (C=O) groups excluding carboxylic acids is 1. The molecule has 5 heteroatoms. The van der Waals surface area contributed by atoms with Gasteiger partial charge in [0.15, 0.2) is 0 Å². The first-order valence-electron chi connectivity index (χ1n) is 7.71. The van der Waals surface area contributed by atoms with Crippen molar-refractivity contribution in [2.75, 3.05) is 5.73 Å². The van der Waals surface area contributed by atoms with Crippen LogP contribution < -0.4 is 11.1 Å². The SMILES string of the molecule is CC(C(=O)NC1CC1)n1c(C2CC2)nc2cc(N)ccc21. The average molecular weight is 284 g/mol. The quantitative estimate of drug-likeness (QED) is 0.846. The smallest absolute Gasteiger partial charge is 0.243 e. The van der Waals surface area contributed by atoms with E-state index in [1.807, 2.05) is 25.1 Å². The number of imidazole rings is 1. The van der Waals surface area contributed by atoms with E-state index in [0.29, 0.717) is 17.6 Å². The third-order valence-corrected chi connectivity index (χ3v) is 4.37. The molecule has 21 heavy (non-hydrogen) atoms. The van der Waals surface area contributed by atoms with Crippen LogP contribution >= 0.6 is 0 Å². The molecule has 1 aromatic heterocycles. The number of benzene rings is 1. The summed E-state index contributed by atoms with van der Waals surface area (Å²) in [5, 5.41) is 3.09. The van der Waals surface area contributed by atoms with Gasteiger partial charge in [0.05, 0.1) is 11.0 Å². The summed E-state index contributed by atoms with van der Waals surface area (Å²) in [6, 6.07) is 5.90. The Morgan fingerprint density at radius 2 is 2.14 bits per heavy atom. The molecule has 2 fully saturated rings. The zero-order valence-corrected chi connectivity index (χ0v) is 12.2. The van der Waals surface area contributed by atoms with Crippen molar-refractivity contribution in [3.05, 3.63) is 24.0 Å². The minimum atomic E-state index is -0.227. The number of nitrogens with one attached hydrogen (secondary N) is 1. The predicted octanol–water partition coefficient (Wildman–Crippen LogP) is 2.34. The van der Waals surface area contributed by atoms with Crippen molar-refractivity contribution in [1.29, 1.82) is 0 Å². The van der Waals surface area contributed by atoms with E-state index in [4.69, 9.17) is 10.7 Å². The molecule has 0 radical (unpaired) electrons. The number of nitrogens with two attached hydrogens (primary N) is 1. The molecule has 2 aliphatic carbocycles. The topological polar surface area (TPSA) is 72.9 Å². The van der Waals surface area contributed by atoms with Gasteiger partial charge in [-0.25, -0.2) is 4.98 Å². The normalized spacial score (nSPS) is 19.7. The molecule has 1 unspecified atom stereocenters. The van der Waals surface area contributed by atoms with E-state index < -0.39 is 0 Å². The van der Waals surface area contributed by atoms with E-state index in [1.165, 1.54) is 0 Å². The van der Waals surface area contributed by atoms with Crippen LogP contribution in [0.2, 0.25) is 0 Å². The van der Waals surface area contributed by atoms with E-state index in [9.17, 15) is 4.79 Å². The number of hydrogen-bond acceptors (Lipinski definition) is 3. The molecule has 2 saturated carbocycles. The summed E-state index contributed by atoms with van der Waals surface area (Å²) in [4.78, 5) is 17.2. The van der Waals surface area contributed by atoms with Crippen LogP contribution in [-0.2, 0) is 4.79 Å². The monoisotopic (exact) mass is 284 g/mol. The fraction of sp³-hybridized carbons (Fsp3) is 0.500. The zero-order chi connectivity index (χ0) is 14.6. The molecule has 4 rings (SSSR count). The van der Waals surface area contributed by atoms with Gasteiger partial charge in [-0.1, -0.05) is 0 Å². The van der Waals surface area contributed by atoms with Crippen molar-refractivity contribution in [2.45, 2.75) is 50.6 Å². The highest BCUT2D eigenvalue weighted by Crippen LogP contribution is 2.42. The third-order valence-electron chi connectivity index (χ3n) is 4.37. The number of nitrogen functional groups attached to an aromatic ring is 1. The minimum absolute atomic E-state index is 0.0931. The second kappa shape index (κ2) is 4.48. The number of nitrogens with zero attached hydrogens (tertiary/aromatic N) is 2. The maximum Gasteiger partial charge on any atom is 0.243 e. The number of carbonyl (C=O) groups is 1. The largest absolute Gasteiger partial charge is 0.399 e. The van der Waals surface area contributed by atoms with Gasteiger partial charge in [0.1, 0.15) is 11.9 Å². The number of rotatable bonds is 4. The lowest BCUT2D eigenvalue weighted by molar-refractivity contribution is -0.124. The summed E-state index contributed by atoms with van der Waals surface area (Å²) >= 11 is 0. The highest BCUT2D eigenvalue weighted by atomic mass is 16.2. The first kappa shape index (κ1) is 12.7. The van der Waals surface area contributed by atoms with Crippen LogP contribution in [0.15, 0.2) is 18.2 Å². The summed E-state index contributed by atoms with van der Waals surface area (Å²) in [5.41, 5.74) is 8.46. The van der Waals surface area contributed by atoms with Crippen LogP contribution in [0, 0.1) is 0 Å². The Labute approximate surface area is 123 Å². The summed E-state index contributed by atoms with van der Waals surface area (Å²) in [6.07, 6.45) is 4.54. The summed E-state index contributed by atoms with van der Waals surface area (Å²) in [7, 11) is 0. The van der Waals surface area contributed by atoms with Crippen LogP contribution in [0.3, 0.4) is 0 Å². The van der Waals surface area contributed by atoms with Gasteiger partial charge in [-0.3, -0.25) is 4.79 Å². The van der Waals surface area contributed by atoms with Gasteiger partial charge in [-0.2, -0.15) is 0 Å². The second-order valence-corrected chi connectivity index (χ2v) is 6.32. The lowest BCUT2D eigenvalue weighted by Crippen LogP contribution is -2.33. The molecular weight excluding hydrogens is 264 g/mol. The van der Waals surface area contributed by atoms with Crippen LogP contribution in [0.5, 0.6) is 0 Å². The lowest BCUT2D eigenvalue weighted by atomic mass is 10.2. The highest BCUT2D eigenvalue weighted by molar-refractivity contribution is 5.85. The average Bonchev–Trinajstić information content (AvgIpc) is 3.36. The Morgan fingerprint density at radius 3 is 2.81 bits per heavy atom. The molecule has 0 spiro atoms. The molecular formula is C16H20N4O. The summed E-state index contributed by atoms with van der Waals surface area (Å²) in [5.74, 6) is 1.62. The standard InChI is InChI=1S/C16H20N4O/c1-9(16(21)18-12-5-6-12)20-14-7-4-11(17)8-13(14)19-15(20)10-2-3-10/h4,7-10,12H,2-3,5-6,17H2,1H3,(H,18,21). The van der Waals surface area contributed by atoms with Gasteiger partial charge in [0, 0.05) is 17.6 Å². The number of aromatic nitrogens is 2.